The number of Topliss-reactive ketones (excluding diaryl/α,β-unsaturated/α-hetero) is 1. The van der Waals surface area contributed by atoms with Crippen LogP contribution in [0.15, 0.2) is 12.1 Å². The van der Waals surface area contributed by atoms with Crippen molar-refractivity contribution in [3.05, 3.63) is 39.0 Å². The second-order valence-corrected chi connectivity index (χ2v) is 5.39. The van der Waals surface area contributed by atoms with E-state index in [0.717, 1.165) is 0 Å². The Morgan fingerprint density at radius 3 is 2.04 bits per heavy atom. The van der Waals surface area contributed by atoms with Crippen LogP contribution >= 0.6 is 23.2 Å². The number of H-pyrrole nitrogens is 1. The van der Waals surface area contributed by atoms with Crippen molar-refractivity contribution in [2.75, 3.05) is 0 Å². The lowest BCUT2D eigenvalue weighted by molar-refractivity contribution is -0.137. The molecule has 0 saturated heterocycles. The average molecular weight is 402 g/mol. The molecule has 4 nitrogen and oxygen atoms in total. The van der Waals surface area contributed by atoms with E-state index in [4.69, 9.17) is 28.5 Å². The number of alkyl halides is 6. The molecule has 0 unspecified atom stereocenters. The Balaban J connectivity index is 2.75. The summed E-state index contributed by atoms with van der Waals surface area (Å²) in [5, 5.41) is 12.7. The molecule has 1 aromatic heterocycles. The SMILES string of the molecule is N#Cc1n[nH]c(-c2c(Cl)cc(C(F)(F)F)cc2Cl)c1C(=O)C(F)(F)F. The fourth-order valence-corrected chi connectivity index (χ4v) is 2.62. The van der Waals surface area contributed by atoms with Crippen molar-refractivity contribution in [3.8, 4) is 17.3 Å². The van der Waals surface area contributed by atoms with E-state index in [1.807, 2.05) is 5.10 Å². The summed E-state index contributed by atoms with van der Waals surface area (Å²) >= 11 is 11.4. The van der Waals surface area contributed by atoms with Gasteiger partial charge in [0, 0.05) is 5.56 Å². The molecule has 12 heteroatoms. The summed E-state index contributed by atoms with van der Waals surface area (Å²) in [6, 6.07) is 2.14. The highest BCUT2D eigenvalue weighted by Crippen LogP contribution is 2.42. The number of ketones is 1. The Bertz CT molecular complexity index is 872. The maximum atomic E-state index is 12.7. The number of aromatic amines is 1. The van der Waals surface area contributed by atoms with Gasteiger partial charge in [-0.25, -0.2) is 0 Å². The Labute approximate surface area is 144 Å². The summed E-state index contributed by atoms with van der Waals surface area (Å²) in [4.78, 5) is 11.5. The molecule has 1 aromatic carbocycles. The molecule has 1 N–H and O–H groups in total. The van der Waals surface area contributed by atoms with Crippen LogP contribution in [0.2, 0.25) is 10.0 Å². The van der Waals surface area contributed by atoms with Gasteiger partial charge in [0.25, 0.3) is 5.78 Å². The van der Waals surface area contributed by atoms with Crippen molar-refractivity contribution in [3.63, 3.8) is 0 Å². The zero-order valence-corrected chi connectivity index (χ0v) is 13.0. The van der Waals surface area contributed by atoms with Gasteiger partial charge in [-0.3, -0.25) is 9.89 Å². The maximum Gasteiger partial charge on any atom is 0.455 e. The zero-order valence-electron chi connectivity index (χ0n) is 11.5. The van der Waals surface area contributed by atoms with E-state index >= 15 is 0 Å². The first-order valence-electron chi connectivity index (χ1n) is 6.04. The average Bonchev–Trinajstić information content (AvgIpc) is 2.87. The molecule has 132 valence electrons. The Morgan fingerprint density at radius 2 is 1.64 bits per heavy atom. The van der Waals surface area contributed by atoms with Crippen LogP contribution in [-0.2, 0) is 6.18 Å². The van der Waals surface area contributed by atoms with Gasteiger partial charge in [0.15, 0.2) is 5.69 Å². The summed E-state index contributed by atoms with van der Waals surface area (Å²) in [7, 11) is 0. The molecule has 0 atom stereocenters. The van der Waals surface area contributed by atoms with Gasteiger partial charge in [0.05, 0.1) is 26.9 Å². The predicted molar refractivity (Wildman–Crippen MR) is 74.1 cm³/mol. The number of carbonyl (C=O) groups excluding carboxylic acids is 1. The third-order valence-corrected chi connectivity index (χ3v) is 3.57. The Morgan fingerprint density at radius 1 is 1.12 bits per heavy atom. The van der Waals surface area contributed by atoms with Gasteiger partial charge in [-0.1, -0.05) is 23.2 Å². The lowest BCUT2D eigenvalue weighted by Gasteiger charge is -2.13. The van der Waals surface area contributed by atoms with E-state index in [2.05, 4.69) is 5.10 Å². The number of nitriles is 1. The molecule has 25 heavy (non-hydrogen) atoms. The van der Waals surface area contributed by atoms with Gasteiger partial charge in [-0.05, 0) is 12.1 Å². The minimum atomic E-state index is -5.35. The molecular formula is C13H3Cl2F6N3O. The second-order valence-electron chi connectivity index (χ2n) is 4.57. The number of aromatic nitrogens is 2. The van der Waals surface area contributed by atoms with Crippen molar-refractivity contribution < 1.29 is 31.1 Å². The molecule has 0 saturated carbocycles. The molecule has 0 aliphatic heterocycles. The number of nitrogens with zero attached hydrogens (tertiary/aromatic N) is 2. The lowest BCUT2D eigenvalue weighted by atomic mass is 10.0. The highest BCUT2D eigenvalue weighted by molar-refractivity contribution is 6.39. The van der Waals surface area contributed by atoms with Crippen molar-refractivity contribution >= 4 is 29.0 Å². The molecule has 2 aromatic rings. The van der Waals surface area contributed by atoms with E-state index in [1.165, 1.54) is 6.07 Å². The van der Waals surface area contributed by atoms with Gasteiger partial charge in [-0.2, -0.15) is 36.7 Å². The number of hydrogen-bond acceptors (Lipinski definition) is 3. The molecule has 0 aliphatic carbocycles. The van der Waals surface area contributed by atoms with Crippen LogP contribution in [0.25, 0.3) is 11.3 Å². The van der Waals surface area contributed by atoms with Crippen LogP contribution < -0.4 is 0 Å². The number of carbonyl (C=O) groups is 1. The lowest BCUT2D eigenvalue weighted by Crippen LogP contribution is -2.24. The van der Waals surface area contributed by atoms with E-state index in [9.17, 15) is 31.1 Å². The minimum absolute atomic E-state index is 0.428. The quantitative estimate of drug-likeness (QED) is 0.567. The third kappa shape index (κ3) is 3.57. The minimum Gasteiger partial charge on any atom is -0.284 e. The fourth-order valence-electron chi connectivity index (χ4n) is 1.94. The fraction of sp³-hybridized carbons (Fsp3) is 0.154. The number of hydrogen-bond donors (Lipinski definition) is 1. The van der Waals surface area contributed by atoms with E-state index in [0.29, 0.717) is 12.1 Å². The van der Waals surface area contributed by atoms with Crippen molar-refractivity contribution in [2.45, 2.75) is 12.4 Å². The molecule has 0 amide bonds. The molecular weight excluding hydrogens is 399 g/mol. The molecule has 0 aliphatic rings. The number of halogens is 8. The van der Waals surface area contributed by atoms with Crippen molar-refractivity contribution in [1.82, 2.24) is 10.2 Å². The van der Waals surface area contributed by atoms with Gasteiger partial charge >= 0.3 is 12.4 Å². The first-order chi connectivity index (χ1) is 11.4. The summed E-state index contributed by atoms with van der Waals surface area (Å²) in [6.07, 6.45) is -10.2. The largest absolute Gasteiger partial charge is 0.455 e. The highest BCUT2D eigenvalue weighted by Gasteiger charge is 2.44. The standard InChI is InChI=1S/C13H3Cl2F6N3O/c14-5-1-4(12(16,17)18)2-6(15)8(5)10-9(7(3-22)23-24-10)11(25)13(19,20)21/h1-2H,(H,23,24). The van der Waals surface area contributed by atoms with Crippen LogP contribution in [0.4, 0.5) is 26.3 Å². The van der Waals surface area contributed by atoms with E-state index in [1.54, 1.807) is 0 Å². The Kier molecular flexibility index (Phi) is 4.76. The molecule has 0 radical (unpaired) electrons. The summed E-state index contributed by atoms with van der Waals surface area (Å²) in [6.45, 7) is 0. The zero-order chi connectivity index (χ0) is 19.2. The first-order valence-corrected chi connectivity index (χ1v) is 6.80. The van der Waals surface area contributed by atoms with Gasteiger partial charge in [-0.15, -0.1) is 0 Å². The normalized spacial score (nSPS) is 12.1. The molecule has 2 rings (SSSR count). The predicted octanol–water partition coefficient (Wildman–Crippen LogP) is 5.02. The molecule has 0 bridgehead atoms. The van der Waals surface area contributed by atoms with E-state index in [-0.39, 0.29) is 0 Å². The third-order valence-electron chi connectivity index (χ3n) is 2.98. The highest BCUT2D eigenvalue weighted by atomic mass is 35.5. The summed E-state index contributed by atoms with van der Waals surface area (Å²) < 4.78 is 76.4. The smallest absolute Gasteiger partial charge is 0.284 e. The Hall–Kier alpha value is -2.25. The van der Waals surface area contributed by atoms with Crippen molar-refractivity contribution in [2.24, 2.45) is 0 Å². The van der Waals surface area contributed by atoms with Crippen LogP contribution in [0, 0.1) is 11.3 Å². The van der Waals surface area contributed by atoms with Crippen LogP contribution in [0.5, 0.6) is 0 Å². The number of nitrogens with one attached hydrogen (secondary N) is 1. The van der Waals surface area contributed by atoms with Crippen molar-refractivity contribution in [1.29, 1.82) is 5.26 Å². The monoisotopic (exact) mass is 401 g/mol. The maximum absolute atomic E-state index is 12.7. The molecule has 1 heterocycles. The number of rotatable bonds is 2. The van der Waals surface area contributed by atoms with Gasteiger partial charge in [0.1, 0.15) is 6.07 Å². The summed E-state index contributed by atoms with van der Waals surface area (Å²) in [5.41, 5.74) is -4.54. The van der Waals surface area contributed by atoms with Crippen LogP contribution in [0.3, 0.4) is 0 Å². The summed E-state index contributed by atoms with van der Waals surface area (Å²) in [5.74, 6) is -2.42. The second kappa shape index (κ2) is 6.24. The van der Waals surface area contributed by atoms with Gasteiger partial charge < -0.3 is 0 Å². The van der Waals surface area contributed by atoms with Crippen LogP contribution in [-0.4, -0.2) is 22.2 Å². The topological polar surface area (TPSA) is 69.5 Å². The van der Waals surface area contributed by atoms with E-state index < -0.39 is 56.3 Å². The van der Waals surface area contributed by atoms with Gasteiger partial charge in [0.2, 0.25) is 0 Å². The van der Waals surface area contributed by atoms with Crippen LogP contribution in [0.1, 0.15) is 21.6 Å². The number of benzene rings is 1. The first kappa shape index (κ1) is 19.1. The molecule has 0 spiro atoms. The molecule has 0 fully saturated rings.